The second kappa shape index (κ2) is 10.1. The molecular weight excluding hydrogens is 451 g/mol. The van der Waals surface area contributed by atoms with Gasteiger partial charge in [-0.25, -0.2) is 0 Å². The summed E-state index contributed by atoms with van der Waals surface area (Å²) in [6.07, 6.45) is 7.65. The van der Waals surface area contributed by atoms with E-state index >= 15 is 0 Å². The standard InChI is InChI=1S/C25H25Cl3N2O/c26-20-7-4-6-18(14-20)16-29-13-5-10-22(29)17-30(21-8-2-1-3-9-21)25(31)19-11-12-23(27)24(28)15-19/h4-7,10-15,21H,1-3,8-9,16-17H2. The molecule has 162 valence electrons. The molecule has 0 bridgehead atoms. The Morgan fingerprint density at radius 3 is 2.48 bits per heavy atom. The monoisotopic (exact) mass is 474 g/mol. The summed E-state index contributed by atoms with van der Waals surface area (Å²) in [6, 6.07) is 17.4. The van der Waals surface area contributed by atoms with E-state index in [1.54, 1.807) is 18.2 Å². The molecule has 1 aromatic heterocycles. The number of rotatable bonds is 6. The Balaban J connectivity index is 1.60. The lowest BCUT2D eigenvalue weighted by Crippen LogP contribution is -2.41. The van der Waals surface area contributed by atoms with E-state index in [0.717, 1.165) is 42.0 Å². The Bertz CT molecular complexity index is 1060. The lowest BCUT2D eigenvalue weighted by molar-refractivity contribution is 0.0608. The van der Waals surface area contributed by atoms with Crippen LogP contribution in [-0.2, 0) is 13.1 Å². The quantitative estimate of drug-likeness (QED) is 0.363. The number of nitrogens with zero attached hydrogens (tertiary/aromatic N) is 2. The van der Waals surface area contributed by atoms with Crippen LogP contribution >= 0.6 is 34.8 Å². The molecule has 0 spiro atoms. The Kier molecular flexibility index (Phi) is 7.27. The first-order chi connectivity index (χ1) is 15.0. The number of amides is 1. The zero-order valence-corrected chi connectivity index (χ0v) is 19.5. The first kappa shape index (κ1) is 22.3. The molecule has 1 fully saturated rings. The molecule has 2 aromatic carbocycles. The van der Waals surface area contributed by atoms with Gasteiger partial charge in [0, 0.05) is 35.1 Å². The second-order valence-electron chi connectivity index (χ2n) is 8.11. The van der Waals surface area contributed by atoms with E-state index in [9.17, 15) is 4.79 Å². The van der Waals surface area contributed by atoms with E-state index in [4.69, 9.17) is 34.8 Å². The predicted molar refractivity (Wildman–Crippen MR) is 128 cm³/mol. The minimum atomic E-state index is 0.000900. The van der Waals surface area contributed by atoms with Crippen LogP contribution in [0.5, 0.6) is 0 Å². The fourth-order valence-corrected chi connectivity index (χ4v) is 4.82. The molecule has 0 unspecified atom stereocenters. The van der Waals surface area contributed by atoms with Crippen LogP contribution in [0.15, 0.2) is 60.8 Å². The van der Waals surface area contributed by atoms with Gasteiger partial charge in [-0.2, -0.15) is 0 Å². The Labute approximate surface area is 198 Å². The summed E-state index contributed by atoms with van der Waals surface area (Å²) < 4.78 is 2.18. The van der Waals surface area contributed by atoms with E-state index in [0.29, 0.717) is 28.7 Å². The van der Waals surface area contributed by atoms with Gasteiger partial charge in [-0.3, -0.25) is 4.79 Å². The van der Waals surface area contributed by atoms with Crippen molar-refractivity contribution < 1.29 is 4.79 Å². The second-order valence-corrected chi connectivity index (χ2v) is 9.36. The molecule has 1 amide bonds. The molecule has 1 heterocycles. The highest BCUT2D eigenvalue weighted by molar-refractivity contribution is 6.42. The first-order valence-electron chi connectivity index (χ1n) is 10.7. The van der Waals surface area contributed by atoms with Gasteiger partial charge in [0.1, 0.15) is 0 Å². The van der Waals surface area contributed by atoms with E-state index < -0.39 is 0 Å². The summed E-state index contributed by atoms with van der Waals surface area (Å²) in [6.45, 7) is 1.26. The number of aromatic nitrogens is 1. The van der Waals surface area contributed by atoms with Gasteiger partial charge in [-0.15, -0.1) is 0 Å². The minimum absolute atomic E-state index is 0.000900. The van der Waals surface area contributed by atoms with Crippen LogP contribution in [0.1, 0.15) is 53.7 Å². The van der Waals surface area contributed by atoms with Crippen LogP contribution in [0.3, 0.4) is 0 Å². The van der Waals surface area contributed by atoms with Crippen LogP contribution in [0, 0.1) is 0 Å². The van der Waals surface area contributed by atoms with Gasteiger partial charge >= 0.3 is 0 Å². The molecule has 31 heavy (non-hydrogen) atoms. The van der Waals surface area contributed by atoms with Crippen LogP contribution in [-0.4, -0.2) is 21.4 Å². The normalized spacial score (nSPS) is 14.5. The Morgan fingerprint density at radius 2 is 1.74 bits per heavy atom. The minimum Gasteiger partial charge on any atom is -0.345 e. The molecule has 4 rings (SSSR count). The van der Waals surface area contributed by atoms with Gasteiger partial charge in [-0.05, 0) is 60.9 Å². The molecule has 0 saturated heterocycles. The molecule has 0 N–H and O–H groups in total. The van der Waals surface area contributed by atoms with Crippen LogP contribution < -0.4 is 0 Å². The maximum absolute atomic E-state index is 13.5. The fourth-order valence-electron chi connectivity index (χ4n) is 4.31. The third-order valence-corrected chi connectivity index (χ3v) is 6.91. The molecule has 3 nitrogen and oxygen atoms in total. The Morgan fingerprint density at radius 1 is 0.935 bits per heavy atom. The first-order valence-corrected chi connectivity index (χ1v) is 11.8. The van der Waals surface area contributed by atoms with Crippen molar-refractivity contribution in [2.24, 2.45) is 0 Å². The third-order valence-electron chi connectivity index (χ3n) is 5.94. The lowest BCUT2D eigenvalue weighted by Gasteiger charge is -2.35. The van der Waals surface area contributed by atoms with Gasteiger partial charge in [0.15, 0.2) is 0 Å². The smallest absolute Gasteiger partial charge is 0.254 e. The number of carbonyl (C=O) groups excluding carboxylic acids is 1. The van der Waals surface area contributed by atoms with Crippen molar-refractivity contribution in [2.45, 2.75) is 51.2 Å². The van der Waals surface area contributed by atoms with Crippen molar-refractivity contribution in [3.8, 4) is 0 Å². The predicted octanol–water partition coefficient (Wildman–Crippen LogP) is 7.47. The average Bonchev–Trinajstić information content (AvgIpc) is 3.20. The number of halogens is 3. The van der Waals surface area contributed by atoms with Crippen molar-refractivity contribution in [1.29, 1.82) is 0 Å². The van der Waals surface area contributed by atoms with Gasteiger partial charge in [0.25, 0.3) is 5.91 Å². The molecule has 6 heteroatoms. The van der Waals surface area contributed by atoms with E-state index in [2.05, 4.69) is 22.9 Å². The number of benzene rings is 2. The summed E-state index contributed by atoms with van der Waals surface area (Å²) in [4.78, 5) is 15.6. The summed E-state index contributed by atoms with van der Waals surface area (Å²) in [5, 5.41) is 1.59. The molecule has 1 aliphatic rings. The number of carbonyl (C=O) groups is 1. The topological polar surface area (TPSA) is 25.2 Å². The average molecular weight is 476 g/mol. The van der Waals surface area contributed by atoms with Crippen molar-refractivity contribution >= 4 is 40.7 Å². The molecule has 1 aliphatic carbocycles. The van der Waals surface area contributed by atoms with E-state index in [1.807, 2.05) is 29.2 Å². The zero-order valence-electron chi connectivity index (χ0n) is 17.2. The molecule has 1 saturated carbocycles. The SMILES string of the molecule is O=C(c1ccc(Cl)c(Cl)c1)N(Cc1cccn1Cc1cccc(Cl)c1)C1CCCCC1. The molecule has 0 radical (unpaired) electrons. The van der Waals surface area contributed by atoms with Crippen molar-refractivity contribution in [3.05, 3.63) is 92.7 Å². The summed E-state index contributed by atoms with van der Waals surface area (Å²) >= 11 is 18.4. The third kappa shape index (κ3) is 5.46. The molecule has 0 aliphatic heterocycles. The van der Waals surface area contributed by atoms with Gasteiger partial charge in [-0.1, -0.05) is 66.2 Å². The number of hydrogen-bond donors (Lipinski definition) is 0. The van der Waals surface area contributed by atoms with Gasteiger partial charge in [0.05, 0.1) is 16.6 Å². The fraction of sp³-hybridized carbons (Fsp3) is 0.320. The van der Waals surface area contributed by atoms with Crippen LogP contribution in [0.25, 0.3) is 0 Å². The lowest BCUT2D eigenvalue weighted by atomic mass is 9.93. The van der Waals surface area contributed by atoms with Crippen molar-refractivity contribution in [3.63, 3.8) is 0 Å². The summed E-state index contributed by atoms with van der Waals surface area (Å²) in [5.41, 5.74) is 2.80. The number of hydrogen-bond acceptors (Lipinski definition) is 1. The van der Waals surface area contributed by atoms with Crippen LogP contribution in [0.4, 0.5) is 0 Å². The largest absolute Gasteiger partial charge is 0.345 e. The molecule has 3 aromatic rings. The maximum Gasteiger partial charge on any atom is 0.254 e. The summed E-state index contributed by atoms with van der Waals surface area (Å²) in [7, 11) is 0. The van der Waals surface area contributed by atoms with Crippen molar-refractivity contribution in [1.82, 2.24) is 9.47 Å². The highest BCUT2D eigenvalue weighted by Gasteiger charge is 2.27. The zero-order chi connectivity index (χ0) is 21.8. The highest BCUT2D eigenvalue weighted by atomic mass is 35.5. The van der Waals surface area contributed by atoms with Crippen molar-refractivity contribution in [2.75, 3.05) is 0 Å². The molecular formula is C25H25Cl3N2O. The van der Waals surface area contributed by atoms with Gasteiger partial charge < -0.3 is 9.47 Å². The molecule has 0 atom stereocenters. The van der Waals surface area contributed by atoms with Crippen LogP contribution in [0.2, 0.25) is 15.1 Å². The summed E-state index contributed by atoms with van der Waals surface area (Å²) in [5.74, 6) is 0.000900. The van der Waals surface area contributed by atoms with E-state index in [-0.39, 0.29) is 11.9 Å². The van der Waals surface area contributed by atoms with E-state index in [1.165, 1.54) is 6.42 Å². The maximum atomic E-state index is 13.5. The highest BCUT2D eigenvalue weighted by Crippen LogP contribution is 2.28. The Hall–Kier alpha value is -1.94. The van der Waals surface area contributed by atoms with Gasteiger partial charge in [0.2, 0.25) is 0 Å².